The fourth-order valence-electron chi connectivity index (χ4n) is 2.85. The van der Waals surface area contributed by atoms with Gasteiger partial charge in [-0.05, 0) is 54.6 Å². The first-order valence-electron chi connectivity index (χ1n) is 6.86. The summed E-state index contributed by atoms with van der Waals surface area (Å²) >= 11 is 3.46. The van der Waals surface area contributed by atoms with Crippen LogP contribution in [0, 0.1) is 17.0 Å². The molecule has 1 heterocycles. The number of nitrogens with zero attached hydrogens (tertiary/aromatic N) is 2. The van der Waals surface area contributed by atoms with Gasteiger partial charge in [-0.25, -0.2) is 0 Å². The lowest BCUT2D eigenvalue weighted by molar-refractivity contribution is -0.385. The Bertz CT molecular complexity index is 507. The lowest BCUT2D eigenvalue weighted by atomic mass is 10.1. The van der Waals surface area contributed by atoms with Gasteiger partial charge in [0.15, 0.2) is 0 Å². The van der Waals surface area contributed by atoms with Crippen molar-refractivity contribution in [3.8, 4) is 0 Å². The van der Waals surface area contributed by atoms with Crippen molar-refractivity contribution < 1.29 is 10.0 Å². The minimum atomic E-state index is -0.350. The molecule has 0 radical (unpaired) electrons. The van der Waals surface area contributed by atoms with E-state index >= 15 is 0 Å². The molecular weight excluding hydrogens is 324 g/mol. The molecule has 1 unspecified atom stereocenters. The Labute approximate surface area is 126 Å². The molecule has 0 aliphatic carbocycles. The van der Waals surface area contributed by atoms with Gasteiger partial charge in [0.1, 0.15) is 0 Å². The molecule has 110 valence electrons. The van der Waals surface area contributed by atoms with Crippen LogP contribution in [0.4, 0.5) is 11.4 Å². The highest BCUT2D eigenvalue weighted by atomic mass is 79.9. The van der Waals surface area contributed by atoms with E-state index in [0.717, 1.165) is 42.4 Å². The van der Waals surface area contributed by atoms with E-state index < -0.39 is 0 Å². The van der Waals surface area contributed by atoms with Crippen LogP contribution >= 0.6 is 15.9 Å². The maximum atomic E-state index is 11.0. The molecule has 0 aromatic heterocycles. The number of rotatable bonds is 5. The van der Waals surface area contributed by atoms with Crippen LogP contribution in [0.25, 0.3) is 0 Å². The minimum absolute atomic E-state index is 0.145. The summed E-state index contributed by atoms with van der Waals surface area (Å²) in [5, 5.41) is 19.9. The van der Waals surface area contributed by atoms with Crippen molar-refractivity contribution in [3.63, 3.8) is 0 Å². The molecule has 1 saturated heterocycles. The zero-order chi connectivity index (χ0) is 14.7. The molecule has 1 atom stereocenters. The average Bonchev–Trinajstić information content (AvgIpc) is 2.86. The molecule has 6 heteroatoms. The highest BCUT2D eigenvalue weighted by Gasteiger charge is 2.27. The van der Waals surface area contributed by atoms with E-state index in [4.69, 9.17) is 5.11 Å². The summed E-state index contributed by atoms with van der Waals surface area (Å²) in [7, 11) is 0. The van der Waals surface area contributed by atoms with Crippen LogP contribution < -0.4 is 4.90 Å². The number of aryl methyl sites for hydroxylation is 1. The summed E-state index contributed by atoms with van der Waals surface area (Å²) < 4.78 is 0.769. The molecule has 5 nitrogen and oxygen atoms in total. The van der Waals surface area contributed by atoms with Gasteiger partial charge in [0, 0.05) is 35.3 Å². The van der Waals surface area contributed by atoms with Crippen LogP contribution in [-0.2, 0) is 0 Å². The van der Waals surface area contributed by atoms with E-state index in [2.05, 4.69) is 20.8 Å². The number of hydrogen-bond acceptors (Lipinski definition) is 4. The molecule has 1 aliphatic rings. The summed E-state index contributed by atoms with van der Waals surface area (Å²) in [6.45, 7) is 2.95. The number of aliphatic hydroxyl groups excluding tert-OH is 1. The Balaban J connectivity index is 2.28. The third-order valence-electron chi connectivity index (χ3n) is 3.84. The first-order chi connectivity index (χ1) is 9.54. The molecular formula is C14H19BrN2O3. The summed E-state index contributed by atoms with van der Waals surface area (Å²) in [6, 6.07) is 3.89. The molecule has 1 fully saturated rings. The quantitative estimate of drug-likeness (QED) is 0.657. The lowest BCUT2D eigenvalue weighted by Gasteiger charge is -2.28. The van der Waals surface area contributed by atoms with Gasteiger partial charge in [-0.3, -0.25) is 10.1 Å². The topological polar surface area (TPSA) is 66.6 Å². The van der Waals surface area contributed by atoms with Crippen LogP contribution in [-0.4, -0.2) is 29.2 Å². The van der Waals surface area contributed by atoms with E-state index in [1.807, 2.05) is 6.07 Å². The molecule has 0 bridgehead atoms. The normalized spacial score (nSPS) is 18.6. The predicted octanol–water partition coefficient (Wildman–Crippen LogP) is 3.41. The second kappa shape index (κ2) is 6.54. The second-order valence-electron chi connectivity index (χ2n) is 5.20. The SMILES string of the molecule is Cc1cc(N2CCCC2CCCO)c(Br)cc1[N+](=O)[O-]. The van der Waals surface area contributed by atoms with E-state index in [-0.39, 0.29) is 17.2 Å². The molecule has 0 amide bonds. The molecule has 20 heavy (non-hydrogen) atoms. The zero-order valence-electron chi connectivity index (χ0n) is 11.5. The summed E-state index contributed by atoms with van der Waals surface area (Å²) in [4.78, 5) is 12.9. The van der Waals surface area contributed by atoms with Gasteiger partial charge in [0.05, 0.1) is 10.6 Å². The van der Waals surface area contributed by atoms with Gasteiger partial charge in [-0.15, -0.1) is 0 Å². The second-order valence-corrected chi connectivity index (χ2v) is 6.06. The number of nitro groups is 1. The van der Waals surface area contributed by atoms with Gasteiger partial charge < -0.3 is 10.0 Å². The lowest BCUT2D eigenvalue weighted by Crippen LogP contribution is -2.29. The van der Waals surface area contributed by atoms with Gasteiger partial charge in [0.25, 0.3) is 5.69 Å². The molecule has 1 aromatic rings. The smallest absolute Gasteiger partial charge is 0.273 e. The molecule has 0 saturated carbocycles. The van der Waals surface area contributed by atoms with Crippen LogP contribution in [0.5, 0.6) is 0 Å². The average molecular weight is 343 g/mol. The third-order valence-corrected chi connectivity index (χ3v) is 4.48. The number of benzene rings is 1. The Morgan fingerprint density at radius 2 is 2.30 bits per heavy atom. The number of hydrogen-bond donors (Lipinski definition) is 1. The third kappa shape index (κ3) is 3.12. The number of nitro benzene ring substituents is 1. The molecule has 1 N–H and O–H groups in total. The summed E-state index contributed by atoms with van der Waals surface area (Å²) in [5.74, 6) is 0. The van der Waals surface area contributed by atoms with Gasteiger partial charge in [0.2, 0.25) is 0 Å². The van der Waals surface area contributed by atoms with Crippen LogP contribution in [0.3, 0.4) is 0 Å². The van der Waals surface area contributed by atoms with E-state index in [0.29, 0.717) is 11.6 Å². The van der Waals surface area contributed by atoms with E-state index in [1.54, 1.807) is 13.0 Å². The monoisotopic (exact) mass is 342 g/mol. The largest absolute Gasteiger partial charge is 0.396 e. The van der Waals surface area contributed by atoms with Crippen molar-refractivity contribution in [3.05, 3.63) is 32.3 Å². The highest BCUT2D eigenvalue weighted by Crippen LogP contribution is 2.37. The maximum Gasteiger partial charge on any atom is 0.273 e. The fraction of sp³-hybridized carbons (Fsp3) is 0.571. The number of halogens is 1. The summed E-state index contributed by atoms with van der Waals surface area (Å²) in [5.41, 5.74) is 1.85. The van der Waals surface area contributed by atoms with Gasteiger partial charge in [-0.2, -0.15) is 0 Å². The molecule has 1 aliphatic heterocycles. The highest BCUT2D eigenvalue weighted by molar-refractivity contribution is 9.10. The van der Waals surface area contributed by atoms with Gasteiger partial charge >= 0.3 is 0 Å². The van der Waals surface area contributed by atoms with E-state index in [9.17, 15) is 10.1 Å². The van der Waals surface area contributed by atoms with Gasteiger partial charge in [-0.1, -0.05) is 0 Å². The first kappa shape index (κ1) is 15.3. The molecule has 1 aromatic carbocycles. The van der Waals surface area contributed by atoms with Crippen LogP contribution in [0.2, 0.25) is 0 Å². The Kier molecular flexibility index (Phi) is 4.99. The van der Waals surface area contributed by atoms with Crippen molar-refractivity contribution in [2.75, 3.05) is 18.1 Å². The Morgan fingerprint density at radius 3 is 2.95 bits per heavy atom. The van der Waals surface area contributed by atoms with E-state index in [1.165, 1.54) is 0 Å². The molecule has 0 spiro atoms. The molecule has 2 rings (SSSR count). The maximum absolute atomic E-state index is 11.0. The minimum Gasteiger partial charge on any atom is -0.396 e. The van der Waals surface area contributed by atoms with Crippen molar-refractivity contribution in [2.24, 2.45) is 0 Å². The van der Waals surface area contributed by atoms with Crippen LogP contribution in [0.15, 0.2) is 16.6 Å². The van der Waals surface area contributed by atoms with Crippen molar-refractivity contribution in [2.45, 2.75) is 38.6 Å². The standard InChI is InChI=1S/C14H19BrN2O3/c1-10-8-14(12(15)9-13(10)17(19)20)16-6-2-4-11(16)5-3-7-18/h8-9,11,18H,2-7H2,1H3. The fourth-order valence-corrected chi connectivity index (χ4v) is 3.41. The van der Waals surface area contributed by atoms with Crippen LogP contribution in [0.1, 0.15) is 31.2 Å². The number of anilines is 1. The number of aliphatic hydroxyl groups is 1. The first-order valence-corrected chi connectivity index (χ1v) is 7.66. The van der Waals surface area contributed by atoms with Crippen molar-refractivity contribution in [1.82, 2.24) is 0 Å². The Morgan fingerprint density at radius 1 is 1.55 bits per heavy atom. The predicted molar refractivity (Wildman–Crippen MR) is 82.2 cm³/mol. The Hall–Kier alpha value is -1.14. The van der Waals surface area contributed by atoms with Crippen molar-refractivity contribution >= 4 is 27.3 Å². The van der Waals surface area contributed by atoms with Crippen molar-refractivity contribution in [1.29, 1.82) is 0 Å². The summed E-state index contributed by atoms with van der Waals surface area (Å²) in [6.07, 6.45) is 3.99. The zero-order valence-corrected chi connectivity index (χ0v) is 13.1.